The topological polar surface area (TPSA) is 106 Å². The molecule has 10 nitrogen and oxygen atoms in total. The number of rotatable bonds is 8. The summed E-state index contributed by atoms with van der Waals surface area (Å²) in [6.45, 7) is 6.40. The molecule has 3 atom stereocenters. The maximum Gasteiger partial charge on any atom is 0.253 e. The molecule has 3 aromatic heterocycles. The molecule has 2 N–H and O–H groups in total. The number of hydrogen-bond donors (Lipinski definition) is 2. The maximum absolute atomic E-state index is 14.4. The average Bonchev–Trinajstić information content (AvgIpc) is 3.32. The van der Waals surface area contributed by atoms with E-state index in [1.54, 1.807) is 18.5 Å². The van der Waals surface area contributed by atoms with Gasteiger partial charge in [-0.15, -0.1) is 0 Å². The fraction of sp³-hybridized carbons (Fsp3) is 0.556. The lowest BCUT2D eigenvalue weighted by atomic mass is 10.1. The number of nitrogens with zero attached hydrogens (tertiary/aromatic N) is 5. The third-order valence-electron chi connectivity index (χ3n) is 7.55. The number of alkyl halides is 1. The number of halogens is 1. The van der Waals surface area contributed by atoms with Crippen molar-refractivity contribution in [3.05, 3.63) is 36.3 Å². The molecule has 0 aliphatic carbocycles. The van der Waals surface area contributed by atoms with Gasteiger partial charge in [0.05, 0.1) is 23.7 Å². The molecule has 0 bridgehead atoms. The van der Waals surface area contributed by atoms with Crippen molar-refractivity contribution in [2.45, 2.75) is 63.9 Å². The van der Waals surface area contributed by atoms with Crippen LogP contribution in [0.5, 0.6) is 0 Å². The SMILES string of the molecule is CCC(C)n1cc(C(=O)NC2CCOCC2)c2cnc(Nc3ccnc(N4CCC(OC)C(F)C4)n3)cc21. The van der Waals surface area contributed by atoms with E-state index in [2.05, 4.69) is 44.0 Å². The Labute approximate surface area is 221 Å². The van der Waals surface area contributed by atoms with E-state index in [1.807, 2.05) is 17.2 Å². The second-order valence-corrected chi connectivity index (χ2v) is 10.0. The van der Waals surface area contributed by atoms with E-state index in [9.17, 15) is 9.18 Å². The van der Waals surface area contributed by atoms with Crippen molar-refractivity contribution < 1.29 is 18.7 Å². The fourth-order valence-electron chi connectivity index (χ4n) is 5.09. The summed E-state index contributed by atoms with van der Waals surface area (Å²) in [5, 5.41) is 7.23. The number of pyridine rings is 1. The minimum absolute atomic E-state index is 0.0877. The van der Waals surface area contributed by atoms with Gasteiger partial charge in [0, 0.05) is 69.0 Å². The molecule has 2 aliphatic heterocycles. The number of hydrogen-bond acceptors (Lipinski definition) is 8. The van der Waals surface area contributed by atoms with E-state index >= 15 is 0 Å². The second-order valence-electron chi connectivity index (χ2n) is 10.0. The van der Waals surface area contributed by atoms with Gasteiger partial charge in [0.2, 0.25) is 5.95 Å². The van der Waals surface area contributed by atoms with E-state index in [4.69, 9.17) is 9.47 Å². The Morgan fingerprint density at radius 1 is 1.26 bits per heavy atom. The number of ether oxygens (including phenoxy) is 2. The minimum atomic E-state index is -1.09. The number of methoxy groups -OCH3 is 1. The zero-order valence-corrected chi connectivity index (χ0v) is 22.2. The first-order valence-electron chi connectivity index (χ1n) is 13.4. The van der Waals surface area contributed by atoms with E-state index < -0.39 is 12.3 Å². The van der Waals surface area contributed by atoms with Crippen LogP contribution in [0.15, 0.2) is 30.7 Å². The summed E-state index contributed by atoms with van der Waals surface area (Å²) in [5.74, 6) is 1.53. The van der Waals surface area contributed by atoms with Crippen molar-refractivity contribution >= 4 is 34.4 Å². The quantitative estimate of drug-likeness (QED) is 0.454. The Bertz CT molecular complexity index is 1260. The van der Waals surface area contributed by atoms with Crippen LogP contribution in [-0.4, -0.2) is 77.2 Å². The number of amides is 1. The molecule has 0 spiro atoms. The summed E-state index contributed by atoms with van der Waals surface area (Å²) in [6.07, 6.45) is 6.96. The third-order valence-corrected chi connectivity index (χ3v) is 7.55. The number of anilines is 3. The van der Waals surface area contributed by atoms with Crippen LogP contribution in [0.3, 0.4) is 0 Å². The van der Waals surface area contributed by atoms with Crippen LogP contribution in [-0.2, 0) is 9.47 Å². The van der Waals surface area contributed by atoms with E-state index in [0.29, 0.717) is 49.3 Å². The number of carbonyl (C=O) groups is 1. The summed E-state index contributed by atoms with van der Waals surface area (Å²) in [5.41, 5.74) is 1.54. The van der Waals surface area contributed by atoms with Gasteiger partial charge in [0.25, 0.3) is 5.91 Å². The highest BCUT2D eigenvalue weighted by Crippen LogP contribution is 2.29. The molecule has 0 radical (unpaired) electrons. The first-order chi connectivity index (χ1) is 18.5. The predicted molar refractivity (Wildman–Crippen MR) is 144 cm³/mol. The van der Waals surface area contributed by atoms with Crippen LogP contribution in [0.4, 0.5) is 22.0 Å². The number of fused-ring (bicyclic) bond motifs is 1. The normalized spacial score (nSPS) is 21.4. The molecule has 1 amide bonds. The van der Waals surface area contributed by atoms with Crippen LogP contribution in [0.25, 0.3) is 10.9 Å². The molecule has 0 aromatic carbocycles. The molecular weight excluding hydrogens is 489 g/mol. The first kappa shape index (κ1) is 26.3. The van der Waals surface area contributed by atoms with Crippen LogP contribution >= 0.6 is 0 Å². The van der Waals surface area contributed by atoms with Crippen molar-refractivity contribution in [2.75, 3.05) is 43.6 Å². The highest BCUT2D eigenvalue weighted by Gasteiger charge is 2.30. The standard InChI is InChI=1S/C27H36FN7O3/c1-4-17(2)35-15-20(26(36)31-18-7-11-38-12-8-18)19-14-30-25(13-22(19)35)32-24-5-9-29-27(33-24)34-10-6-23(37-3)21(28)16-34/h5,9,13-15,17-18,21,23H,4,6-8,10-12,16H2,1-3H3,(H,31,36)(H,29,30,32,33). The molecule has 5 rings (SSSR count). The Kier molecular flexibility index (Phi) is 8.04. The molecule has 2 aliphatic rings. The molecular formula is C27H36FN7O3. The molecule has 38 heavy (non-hydrogen) atoms. The number of carbonyl (C=O) groups excluding carboxylic acids is 1. The Balaban J connectivity index is 1.38. The van der Waals surface area contributed by atoms with E-state index in [-0.39, 0.29) is 24.5 Å². The van der Waals surface area contributed by atoms with Gasteiger partial charge in [-0.2, -0.15) is 4.98 Å². The van der Waals surface area contributed by atoms with Gasteiger partial charge in [-0.1, -0.05) is 6.92 Å². The predicted octanol–water partition coefficient (Wildman–Crippen LogP) is 4.01. The lowest BCUT2D eigenvalue weighted by Crippen LogP contribution is -2.46. The lowest BCUT2D eigenvalue weighted by molar-refractivity contribution is 0.0194. The summed E-state index contributed by atoms with van der Waals surface area (Å²) in [7, 11) is 1.54. The van der Waals surface area contributed by atoms with Crippen molar-refractivity contribution in [2.24, 2.45) is 0 Å². The van der Waals surface area contributed by atoms with Crippen LogP contribution in [0.2, 0.25) is 0 Å². The van der Waals surface area contributed by atoms with E-state index in [1.165, 1.54) is 7.11 Å². The molecule has 2 saturated heterocycles. The van der Waals surface area contributed by atoms with E-state index in [0.717, 1.165) is 30.2 Å². The highest BCUT2D eigenvalue weighted by atomic mass is 19.1. The zero-order chi connectivity index (χ0) is 26.6. The van der Waals surface area contributed by atoms with Gasteiger partial charge < -0.3 is 29.6 Å². The first-order valence-corrected chi connectivity index (χ1v) is 13.4. The number of piperidine rings is 1. The Morgan fingerprint density at radius 2 is 2.08 bits per heavy atom. The van der Waals surface area contributed by atoms with Crippen molar-refractivity contribution in [1.82, 2.24) is 24.8 Å². The summed E-state index contributed by atoms with van der Waals surface area (Å²) in [4.78, 5) is 28.6. The Hall–Kier alpha value is -3.31. The summed E-state index contributed by atoms with van der Waals surface area (Å²) >= 11 is 0. The highest BCUT2D eigenvalue weighted by molar-refractivity contribution is 6.07. The third kappa shape index (κ3) is 5.58. The van der Waals surface area contributed by atoms with Gasteiger partial charge >= 0.3 is 0 Å². The van der Waals surface area contributed by atoms with Gasteiger partial charge in [-0.05, 0) is 38.7 Å². The van der Waals surface area contributed by atoms with Crippen molar-refractivity contribution in [3.8, 4) is 0 Å². The van der Waals surface area contributed by atoms with Crippen LogP contribution < -0.4 is 15.5 Å². The largest absolute Gasteiger partial charge is 0.381 e. The molecule has 2 fully saturated rings. The monoisotopic (exact) mass is 525 g/mol. The van der Waals surface area contributed by atoms with Crippen molar-refractivity contribution in [3.63, 3.8) is 0 Å². The summed E-state index contributed by atoms with van der Waals surface area (Å²) in [6, 6.07) is 4.01. The Morgan fingerprint density at radius 3 is 2.82 bits per heavy atom. The second kappa shape index (κ2) is 11.6. The number of aromatic nitrogens is 4. The average molecular weight is 526 g/mol. The fourth-order valence-corrected chi connectivity index (χ4v) is 5.09. The molecule has 3 unspecified atom stereocenters. The smallest absolute Gasteiger partial charge is 0.253 e. The molecule has 204 valence electrons. The van der Waals surface area contributed by atoms with Crippen LogP contribution in [0.1, 0.15) is 55.9 Å². The van der Waals surface area contributed by atoms with Crippen LogP contribution in [0, 0.1) is 0 Å². The molecule has 5 heterocycles. The maximum atomic E-state index is 14.4. The van der Waals surface area contributed by atoms with Gasteiger partial charge in [0.15, 0.2) is 0 Å². The molecule has 11 heteroatoms. The van der Waals surface area contributed by atoms with Crippen molar-refractivity contribution in [1.29, 1.82) is 0 Å². The summed E-state index contributed by atoms with van der Waals surface area (Å²) < 4.78 is 27.2. The molecule has 0 saturated carbocycles. The van der Waals surface area contributed by atoms with Gasteiger partial charge in [-0.3, -0.25) is 4.79 Å². The zero-order valence-electron chi connectivity index (χ0n) is 22.2. The van der Waals surface area contributed by atoms with Gasteiger partial charge in [-0.25, -0.2) is 14.4 Å². The number of nitrogens with one attached hydrogen (secondary N) is 2. The lowest BCUT2D eigenvalue weighted by Gasteiger charge is -2.33. The minimum Gasteiger partial charge on any atom is -0.381 e. The van der Waals surface area contributed by atoms with Gasteiger partial charge in [0.1, 0.15) is 17.8 Å². The molecule has 3 aromatic rings.